The second-order valence-electron chi connectivity index (χ2n) is 3.90. The van der Waals surface area contributed by atoms with Crippen molar-refractivity contribution in [1.29, 1.82) is 0 Å². The highest BCUT2D eigenvalue weighted by Crippen LogP contribution is 2.32. The number of nitro benzene ring substituents is 1. The fourth-order valence-corrected chi connectivity index (χ4v) is 1.90. The van der Waals surface area contributed by atoms with Crippen LogP contribution in [0.4, 0.5) is 17.1 Å². The zero-order valence-electron chi connectivity index (χ0n) is 10.1. The molecule has 7 heteroatoms. The van der Waals surface area contributed by atoms with Crippen LogP contribution in [-0.4, -0.2) is 11.1 Å². The summed E-state index contributed by atoms with van der Waals surface area (Å²) in [6, 6.07) is 9.25. The SMILES string of the molecule is Nc1cc(Cl)c(Cl)cc1N=Cc1ccccc1[N+](=O)[O-]. The van der Waals surface area contributed by atoms with Crippen LogP contribution in [0, 0.1) is 10.1 Å². The van der Waals surface area contributed by atoms with Crippen molar-refractivity contribution in [2.24, 2.45) is 4.99 Å². The Labute approximate surface area is 124 Å². The molecule has 0 spiro atoms. The number of nitrogens with zero attached hydrogens (tertiary/aromatic N) is 2. The fraction of sp³-hybridized carbons (Fsp3) is 0. The van der Waals surface area contributed by atoms with Crippen LogP contribution in [0.15, 0.2) is 41.4 Å². The molecule has 2 aromatic rings. The van der Waals surface area contributed by atoms with Crippen LogP contribution in [0.2, 0.25) is 10.0 Å². The maximum atomic E-state index is 10.9. The van der Waals surface area contributed by atoms with Crippen molar-refractivity contribution < 1.29 is 4.92 Å². The van der Waals surface area contributed by atoms with E-state index in [2.05, 4.69) is 4.99 Å². The van der Waals surface area contributed by atoms with E-state index in [1.54, 1.807) is 18.2 Å². The van der Waals surface area contributed by atoms with Crippen LogP contribution in [0.25, 0.3) is 0 Å². The molecular formula is C13H9Cl2N3O2. The molecule has 0 saturated heterocycles. The Morgan fingerprint density at radius 3 is 2.55 bits per heavy atom. The molecule has 0 atom stereocenters. The Morgan fingerprint density at radius 1 is 1.20 bits per heavy atom. The number of anilines is 1. The number of nitrogens with two attached hydrogens (primary N) is 1. The minimum absolute atomic E-state index is 0.0325. The molecule has 0 bridgehead atoms. The molecule has 2 rings (SSSR count). The van der Waals surface area contributed by atoms with Gasteiger partial charge in [0.15, 0.2) is 0 Å². The number of nitro groups is 1. The average molecular weight is 310 g/mol. The summed E-state index contributed by atoms with van der Waals surface area (Å²) in [5.41, 5.74) is 6.85. The van der Waals surface area contributed by atoms with Gasteiger partial charge in [0.05, 0.1) is 31.9 Å². The Bertz CT molecular complexity index is 702. The molecule has 0 unspecified atom stereocenters. The standard InChI is InChI=1S/C13H9Cl2N3O2/c14-9-5-11(16)12(6-10(9)15)17-7-8-3-1-2-4-13(8)18(19)20/h1-7H,16H2. The Hall–Kier alpha value is -2.11. The van der Waals surface area contributed by atoms with Crippen molar-refractivity contribution in [1.82, 2.24) is 0 Å². The molecule has 0 radical (unpaired) electrons. The van der Waals surface area contributed by atoms with E-state index in [0.717, 1.165) is 0 Å². The maximum Gasteiger partial charge on any atom is 0.278 e. The van der Waals surface area contributed by atoms with E-state index in [0.29, 0.717) is 27.0 Å². The number of aliphatic imine (C=N–C) groups is 1. The smallest absolute Gasteiger partial charge is 0.278 e. The van der Waals surface area contributed by atoms with Crippen LogP contribution in [0.5, 0.6) is 0 Å². The lowest BCUT2D eigenvalue weighted by molar-refractivity contribution is -0.385. The molecule has 2 N–H and O–H groups in total. The van der Waals surface area contributed by atoms with E-state index < -0.39 is 4.92 Å². The summed E-state index contributed by atoms with van der Waals surface area (Å²) in [7, 11) is 0. The van der Waals surface area contributed by atoms with Crippen molar-refractivity contribution in [3.8, 4) is 0 Å². The van der Waals surface area contributed by atoms with E-state index in [1.807, 2.05) is 0 Å². The molecule has 0 heterocycles. The lowest BCUT2D eigenvalue weighted by atomic mass is 10.2. The Morgan fingerprint density at radius 2 is 1.85 bits per heavy atom. The van der Waals surface area contributed by atoms with Gasteiger partial charge in [-0.1, -0.05) is 35.3 Å². The molecule has 0 fully saturated rings. The van der Waals surface area contributed by atoms with Crippen molar-refractivity contribution in [3.63, 3.8) is 0 Å². The summed E-state index contributed by atoms with van der Waals surface area (Å²) in [5, 5.41) is 11.5. The van der Waals surface area contributed by atoms with Gasteiger partial charge in [-0.05, 0) is 18.2 Å². The number of para-hydroxylation sites is 1. The van der Waals surface area contributed by atoms with Gasteiger partial charge < -0.3 is 5.73 Å². The molecule has 0 aliphatic carbocycles. The molecule has 0 amide bonds. The molecule has 0 aromatic heterocycles. The van der Waals surface area contributed by atoms with Crippen molar-refractivity contribution in [2.45, 2.75) is 0 Å². The minimum atomic E-state index is -0.473. The third-order valence-corrected chi connectivity index (χ3v) is 3.27. The van der Waals surface area contributed by atoms with Gasteiger partial charge in [-0.25, -0.2) is 0 Å². The maximum absolute atomic E-state index is 10.9. The third kappa shape index (κ3) is 3.07. The number of hydrogen-bond acceptors (Lipinski definition) is 4. The zero-order valence-corrected chi connectivity index (χ0v) is 11.6. The van der Waals surface area contributed by atoms with E-state index in [4.69, 9.17) is 28.9 Å². The zero-order chi connectivity index (χ0) is 14.7. The molecule has 5 nitrogen and oxygen atoms in total. The normalized spacial score (nSPS) is 10.9. The number of nitrogen functional groups attached to an aromatic ring is 1. The average Bonchev–Trinajstić information content (AvgIpc) is 2.41. The highest BCUT2D eigenvalue weighted by atomic mass is 35.5. The van der Waals surface area contributed by atoms with E-state index in [1.165, 1.54) is 24.4 Å². The van der Waals surface area contributed by atoms with Crippen LogP contribution >= 0.6 is 23.2 Å². The van der Waals surface area contributed by atoms with Crippen molar-refractivity contribution >= 4 is 46.5 Å². The summed E-state index contributed by atoms with van der Waals surface area (Å²) in [5.74, 6) is 0. The van der Waals surface area contributed by atoms with Crippen LogP contribution < -0.4 is 5.73 Å². The largest absolute Gasteiger partial charge is 0.397 e. The number of rotatable bonds is 3. The fourth-order valence-electron chi connectivity index (χ4n) is 1.57. The van der Waals surface area contributed by atoms with Gasteiger partial charge in [-0.15, -0.1) is 0 Å². The Balaban J connectivity index is 2.40. The minimum Gasteiger partial charge on any atom is -0.397 e. The van der Waals surface area contributed by atoms with Crippen LogP contribution in [0.1, 0.15) is 5.56 Å². The molecule has 0 saturated carbocycles. The first-order valence-electron chi connectivity index (χ1n) is 5.51. The Kier molecular flexibility index (Phi) is 4.22. The summed E-state index contributed by atoms with van der Waals surface area (Å²) >= 11 is 11.7. The van der Waals surface area contributed by atoms with Gasteiger partial charge in [-0.3, -0.25) is 15.1 Å². The summed E-state index contributed by atoms with van der Waals surface area (Å²) < 4.78 is 0. The van der Waals surface area contributed by atoms with Gasteiger partial charge in [0, 0.05) is 12.3 Å². The van der Waals surface area contributed by atoms with Gasteiger partial charge in [-0.2, -0.15) is 0 Å². The van der Waals surface area contributed by atoms with Gasteiger partial charge in [0.25, 0.3) is 5.69 Å². The second-order valence-corrected chi connectivity index (χ2v) is 4.71. The first-order chi connectivity index (χ1) is 9.49. The summed E-state index contributed by atoms with van der Waals surface area (Å²) in [4.78, 5) is 14.5. The second kappa shape index (κ2) is 5.90. The quantitative estimate of drug-likeness (QED) is 0.398. The predicted molar refractivity (Wildman–Crippen MR) is 81.2 cm³/mol. The van der Waals surface area contributed by atoms with Gasteiger partial charge in [0.1, 0.15) is 0 Å². The lowest BCUT2D eigenvalue weighted by Crippen LogP contribution is -1.94. The number of halogens is 2. The molecular weight excluding hydrogens is 301 g/mol. The topological polar surface area (TPSA) is 81.5 Å². The number of hydrogen-bond donors (Lipinski definition) is 1. The number of benzene rings is 2. The molecule has 0 aliphatic rings. The predicted octanol–water partition coefficient (Wildman–Crippen LogP) is 4.23. The van der Waals surface area contributed by atoms with Crippen molar-refractivity contribution in [3.05, 3.63) is 62.1 Å². The highest BCUT2D eigenvalue weighted by Gasteiger charge is 2.10. The molecule has 2 aromatic carbocycles. The molecule has 0 aliphatic heterocycles. The summed E-state index contributed by atoms with van der Waals surface area (Å²) in [6.07, 6.45) is 1.37. The van der Waals surface area contributed by atoms with Crippen LogP contribution in [0.3, 0.4) is 0 Å². The first kappa shape index (κ1) is 14.3. The van der Waals surface area contributed by atoms with Crippen molar-refractivity contribution in [2.75, 3.05) is 5.73 Å². The molecule has 20 heavy (non-hydrogen) atoms. The van der Waals surface area contributed by atoms with E-state index >= 15 is 0 Å². The summed E-state index contributed by atoms with van der Waals surface area (Å²) in [6.45, 7) is 0. The van der Waals surface area contributed by atoms with Gasteiger partial charge in [0.2, 0.25) is 0 Å². The first-order valence-corrected chi connectivity index (χ1v) is 6.26. The van der Waals surface area contributed by atoms with E-state index in [-0.39, 0.29) is 5.69 Å². The highest BCUT2D eigenvalue weighted by molar-refractivity contribution is 6.42. The van der Waals surface area contributed by atoms with Gasteiger partial charge >= 0.3 is 0 Å². The van der Waals surface area contributed by atoms with E-state index in [9.17, 15) is 10.1 Å². The van der Waals surface area contributed by atoms with Crippen LogP contribution in [-0.2, 0) is 0 Å². The molecule has 102 valence electrons. The monoisotopic (exact) mass is 309 g/mol. The lowest BCUT2D eigenvalue weighted by Gasteiger charge is -2.03. The third-order valence-electron chi connectivity index (χ3n) is 2.55.